The number of hydrogen-bond donors (Lipinski definition) is 1. The van der Waals surface area contributed by atoms with E-state index in [1.54, 1.807) is 23.9 Å². The molecule has 134 valence electrons. The molecule has 7 heteroatoms. The lowest BCUT2D eigenvalue weighted by atomic mass is 9.99. The smallest absolute Gasteiger partial charge is 0.240 e. The third-order valence-corrected chi connectivity index (χ3v) is 7.35. The molecule has 0 bridgehead atoms. The highest BCUT2D eigenvalue weighted by molar-refractivity contribution is 8.00. The second-order valence-electron chi connectivity index (χ2n) is 5.99. The average molecular weight is 398 g/mol. The molecule has 0 saturated carbocycles. The topological polar surface area (TPSA) is 55.4 Å². The first-order chi connectivity index (χ1) is 12.0. The Bertz CT molecular complexity index is 789. The molecule has 0 aromatic heterocycles. The minimum Gasteiger partial charge on any atom is -0.381 e. The van der Waals surface area contributed by atoms with Gasteiger partial charge in [-0.1, -0.05) is 29.8 Å². The maximum atomic E-state index is 12.6. The molecule has 1 aliphatic rings. The van der Waals surface area contributed by atoms with Crippen molar-refractivity contribution in [2.45, 2.75) is 27.4 Å². The van der Waals surface area contributed by atoms with Gasteiger partial charge >= 0.3 is 0 Å². The summed E-state index contributed by atoms with van der Waals surface area (Å²) in [6.45, 7) is 1.64. The Labute approximate surface area is 158 Å². The standard InChI is InChI=1S/C18H20ClNO3S2/c19-15-6-8-17(9-7-15)25(21,22)20-14-18(10-12-23-13-11-18)24-16-4-2-1-3-5-16/h1-9,20H,10-14H2. The molecule has 0 aliphatic carbocycles. The van der Waals surface area contributed by atoms with Crippen molar-refractivity contribution >= 4 is 33.4 Å². The van der Waals surface area contributed by atoms with Crippen LogP contribution in [0.5, 0.6) is 0 Å². The predicted octanol–water partition coefficient (Wildman–Crippen LogP) is 3.96. The van der Waals surface area contributed by atoms with E-state index in [-0.39, 0.29) is 9.64 Å². The summed E-state index contributed by atoms with van der Waals surface area (Å²) in [5, 5.41) is 0.513. The normalized spacial score (nSPS) is 17.3. The Morgan fingerprint density at radius 1 is 1.04 bits per heavy atom. The number of sulfonamides is 1. The van der Waals surface area contributed by atoms with Crippen LogP contribution in [0, 0.1) is 0 Å². The molecule has 0 atom stereocenters. The molecule has 2 aromatic rings. The van der Waals surface area contributed by atoms with Gasteiger partial charge in [0.15, 0.2) is 0 Å². The van der Waals surface area contributed by atoms with Crippen LogP contribution >= 0.6 is 23.4 Å². The minimum atomic E-state index is -3.57. The number of rotatable bonds is 6. The van der Waals surface area contributed by atoms with E-state index in [1.165, 1.54) is 12.1 Å². The van der Waals surface area contributed by atoms with E-state index in [4.69, 9.17) is 16.3 Å². The first-order valence-electron chi connectivity index (χ1n) is 8.06. The van der Waals surface area contributed by atoms with Crippen LogP contribution in [0.1, 0.15) is 12.8 Å². The number of hydrogen-bond acceptors (Lipinski definition) is 4. The van der Waals surface area contributed by atoms with Crippen molar-refractivity contribution < 1.29 is 13.2 Å². The summed E-state index contributed by atoms with van der Waals surface area (Å²) in [7, 11) is -3.57. The van der Waals surface area contributed by atoms with Gasteiger partial charge < -0.3 is 4.74 Å². The molecular formula is C18H20ClNO3S2. The van der Waals surface area contributed by atoms with Crippen LogP contribution in [-0.4, -0.2) is 32.9 Å². The van der Waals surface area contributed by atoms with Crippen LogP contribution in [-0.2, 0) is 14.8 Å². The Morgan fingerprint density at radius 3 is 2.32 bits per heavy atom. The molecule has 25 heavy (non-hydrogen) atoms. The van der Waals surface area contributed by atoms with Gasteiger partial charge in [-0.15, -0.1) is 11.8 Å². The lowest BCUT2D eigenvalue weighted by molar-refractivity contribution is 0.0784. The van der Waals surface area contributed by atoms with Crippen molar-refractivity contribution in [2.75, 3.05) is 19.8 Å². The first kappa shape index (κ1) is 18.7. The quantitative estimate of drug-likeness (QED) is 0.801. The number of thioether (sulfide) groups is 1. The number of nitrogens with one attached hydrogen (secondary N) is 1. The van der Waals surface area contributed by atoms with Crippen LogP contribution in [0.25, 0.3) is 0 Å². The van der Waals surface area contributed by atoms with Crippen molar-refractivity contribution in [1.82, 2.24) is 4.72 Å². The molecule has 1 saturated heterocycles. The lowest BCUT2D eigenvalue weighted by Crippen LogP contribution is -2.44. The van der Waals surface area contributed by atoms with Crippen molar-refractivity contribution in [2.24, 2.45) is 0 Å². The molecule has 4 nitrogen and oxygen atoms in total. The van der Waals surface area contributed by atoms with Gasteiger partial charge in [-0.25, -0.2) is 13.1 Å². The van der Waals surface area contributed by atoms with E-state index in [1.807, 2.05) is 18.2 Å². The number of ether oxygens (including phenoxy) is 1. The SMILES string of the molecule is O=S(=O)(NCC1(Sc2ccccc2)CCOCC1)c1ccc(Cl)cc1. The highest BCUT2D eigenvalue weighted by Gasteiger charge is 2.35. The summed E-state index contributed by atoms with van der Waals surface area (Å²) < 4.78 is 33.2. The van der Waals surface area contributed by atoms with Crippen LogP contribution in [0.3, 0.4) is 0 Å². The van der Waals surface area contributed by atoms with Crippen molar-refractivity contribution in [1.29, 1.82) is 0 Å². The third kappa shape index (κ3) is 4.99. The monoisotopic (exact) mass is 397 g/mol. The maximum absolute atomic E-state index is 12.6. The minimum absolute atomic E-state index is 0.209. The summed E-state index contributed by atoms with van der Waals surface area (Å²) in [6.07, 6.45) is 1.60. The zero-order valence-corrected chi connectivity index (χ0v) is 16.0. The van der Waals surface area contributed by atoms with Crippen LogP contribution in [0.15, 0.2) is 64.4 Å². The van der Waals surface area contributed by atoms with Gasteiger partial charge in [-0.05, 0) is 49.2 Å². The fraction of sp³-hybridized carbons (Fsp3) is 0.333. The fourth-order valence-corrected chi connectivity index (χ4v) is 5.37. The van der Waals surface area contributed by atoms with Gasteiger partial charge in [0.05, 0.1) is 4.90 Å². The molecule has 0 unspecified atom stereocenters. The summed E-state index contributed by atoms with van der Waals surface area (Å²) in [5.74, 6) is 0. The summed E-state index contributed by atoms with van der Waals surface area (Å²) >= 11 is 7.56. The number of halogens is 1. The molecule has 3 rings (SSSR count). The zero-order valence-electron chi connectivity index (χ0n) is 13.7. The average Bonchev–Trinajstić information content (AvgIpc) is 2.62. The van der Waals surface area contributed by atoms with E-state index >= 15 is 0 Å². The maximum Gasteiger partial charge on any atom is 0.240 e. The van der Waals surface area contributed by atoms with Gasteiger partial charge in [-0.3, -0.25) is 0 Å². The van der Waals surface area contributed by atoms with Crippen LogP contribution < -0.4 is 4.72 Å². The van der Waals surface area contributed by atoms with Gasteiger partial charge in [-0.2, -0.15) is 0 Å². The van der Waals surface area contributed by atoms with E-state index in [0.29, 0.717) is 24.8 Å². The Kier molecular flexibility index (Phi) is 6.07. The predicted molar refractivity (Wildman–Crippen MR) is 102 cm³/mol. The highest BCUT2D eigenvalue weighted by atomic mass is 35.5. The molecular weight excluding hydrogens is 378 g/mol. The molecule has 0 spiro atoms. The first-order valence-corrected chi connectivity index (χ1v) is 10.7. The molecule has 2 aromatic carbocycles. The van der Waals surface area contributed by atoms with E-state index in [2.05, 4.69) is 16.9 Å². The second-order valence-corrected chi connectivity index (χ2v) is 9.73. The van der Waals surface area contributed by atoms with Gasteiger partial charge in [0, 0.05) is 34.4 Å². The van der Waals surface area contributed by atoms with Crippen molar-refractivity contribution in [3.8, 4) is 0 Å². The van der Waals surface area contributed by atoms with Gasteiger partial charge in [0.1, 0.15) is 0 Å². The summed E-state index contributed by atoms with van der Waals surface area (Å²) in [4.78, 5) is 1.36. The third-order valence-electron chi connectivity index (χ3n) is 4.19. The summed E-state index contributed by atoms with van der Waals surface area (Å²) in [6, 6.07) is 16.3. The van der Waals surface area contributed by atoms with E-state index in [9.17, 15) is 8.42 Å². The molecule has 0 radical (unpaired) electrons. The Balaban J connectivity index is 1.75. The number of benzene rings is 2. The second kappa shape index (κ2) is 8.10. The van der Waals surface area contributed by atoms with Crippen molar-refractivity contribution in [3.05, 3.63) is 59.6 Å². The zero-order chi connectivity index (χ0) is 17.8. The van der Waals surface area contributed by atoms with E-state index < -0.39 is 10.0 Å². The van der Waals surface area contributed by atoms with Gasteiger partial charge in [0.25, 0.3) is 0 Å². The summed E-state index contributed by atoms with van der Waals surface area (Å²) in [5.41, 5.74) is 0. The van der Waals surface area contributed by atoms with Gasteiger partial charge in [0.2, 0.25) is 10.0 Å². The van der Waals surface area contributed by atoms with Crippen LogP contribution in [0.2, 0.25) is 5.02 Å². The Hall–Kier alpha value is -1.05. The van der Waals surface area contributed by atoms with Crippen LogP contribution in [0.4, 0.5) is 0 Å². The Morgan fingerprint density at radius 2 is 1.68 bits per heavy atom. The fourth-order valence-electron chi connectivity index (χ4n) is 2.72. The molecule has 1 fully saturated rings. The molecule has 1 N–H and O–H groups in total. The van der Waals surface area contributed by atoms with Crippen molar-refractivity contribution in [3.63, 3.8) is 0 Å². The lowest BCUT2D eigenvalue weighted by Gasteiger charge is -2.36. The molecule has 1 aliphatic heterocycles. The highest BCUT2D eigenvalue weighted by Crippen LogP contribution is 2.40. The largest absolute Gasteiger partial charge is 0.381 e. The van der Waals surface area contributed by atoms with E-state index in [0.717, 1.165) is 17.7 Å². The molecule has 1 heterocycles. The molecule has 0 amide bonds.